The minimum Gasteiger partial charge on any atom is -0.382 e. The summed E-state index contributed by atoms with van der Waals surface area (Å²) in [6, 6.07) is 0. The molecular weight excluding hydrogens is 118 g/mol. The molecule has 0 spiro atoms. The Morgan fingerprint density at radius 3 is 3.11 bits per heavy atom. The molecule has 0 unspecified atom stereocenters. The van der Waals surface area contributed by atoms with Crippen LogP contribution >= 0.6 is 0 Å². The first kappa shape index (κ1) is 8.27. The third kappa shape index (κ3) is 7.27. The summed E-state index contributed by atoms with van der Waals surface area (Å²) in [5.74, 6) is 0. The van der Waals surface area contributed by atoms with E-state index in [-0.39, 0.29) is 8.56 Å². The molecule has 0 radical (unpaired) electrons. The van der Waals surface area contributed by atoms with Crippen LogP contribution < -0.4 is 0 Å². The van der Waals surface area contributed by atoms with Crippen molar-refractivity contribution in [2.24, 2.45) is 5.11 Å². The fourth-order valence-corrected chi connectivity index (χ4v) is 0.426. The molecule has 0 N–H and O–H groups in total. The highest BCUT2D eigenvalue weighted by atomic mass is 16.5. The SMILES string of the molecule is CCOCCCN=[N+]=[N-].[HH].[HH].[HH].[HH].[HH].[HH]. The van der Waals surface area contributed by atoms with Gasteiger partial charge in [-0.15, -0.1) is 0 Å². The van der Waals surface area contributed by atoms with Crippen LogP contribution in [0.15, 0.2) is 5.11 Å². The first-order chi connectivity index (χ1) is 4.41. The monoisotopic (exact) mass is 141 g/mol. The molecule has 64 valence electrons. The average Bonchev–Trinajstić information content (AvgIpc) is 1.89. The highest BCUT2D eigenvalue weighted by Crippen LogP contribution is 1.82. The molecule has 9 heavy (non-hydrogen) atoms. The molecule has 0 fully saturated rings. The van der Waals surface area contributed by atoms with Crippen LogP contribution in [0.3, 0.4) is 0 Å². The van der Waals surface area contributed by atoms with Crippen molar-refractivity contribution in [1.82, 2.24) is 0 Å². The number of azide groups is 1. The number of ether oxygens (including phenoxy) is 1. The zero-order valence-electron chi connectivity index (χ0n) is 5.58. The highest BCUT2D eigenvalue weighted by molar-refractivity contribution is 4.45. The summed E-state index contributed by atoms with van der Waals surface area (Å²) in [4.78, 5) is 2.60. The van der Waals surface area contributed by atoms with E-state index >= 15 is 0 Å². The van der Waals surface area contributed by atoms with Crippen molar-refractivity contribution in [3.63, 3.8) is 0 Å². The Balaban J connectivity index is -0.0000000213. The zero-order chi connectivity index (χ0) is 6.95. The van der Waals surface area contributed by atoms with E-state index in [4.69, 9.17) is 10.3 Å². The molecule has 0 aliphatic carbocycles. The van der Waals surface area contributed by atoms with E-state index in [1.807, 2.05) is 6.92 Å². The minimum absolute atomic E-state index is 0. The number of hydrogen-bond donors (Lipinski definition) is 0. The maximum Gasteiger partial charge on any atom is 0.0467 e. The van der Waals surface area contributed by atoms with Crippen LogP contribution in [0.25, 0.3) is 10.4 Å². The van der Waals surface area contributed by atoms with Crippen molar-refractivity contribution in [1.29, 1.82) is 0 Å². The molecule has 0 aromatic rings. The molecule has 0 aromatic carbocycles. The maximum atomic E-state index is 7.84. The Kier molecular flexibility index (Phi) is 6.68. The van der Waals surface area contributed by atoms with Crippen LogP contribution in [0.2, 0.25) is 0 Å². The Bertz CT molecular complexity index is 113. The van der Waals surface area contributed by atoms with Crippen molar-refractivity contribution in [3.05, 3.63) is 10.4 Å². The molecule has 0 saturated carbocycles. The second kappa shape index (κ2) is 7.27. The van der Waals surface area contributed by atoms with E-state index in [0.717, 1.165) is 13.0 Å². The molecule has 4 nitrogen and oxygen atoms in total. The molecule has 0 amide bonds. The first-order valence-electron chi connectivity index (χ1n) is 3.00. The molecule has 0 atom stereocenters. The van der Waals surface area contributed by atoms with Gasteiger partial charge in [-0.1, -0.05) is 5.11 Å². The van der Waals surface area contributed by atoms with E-state index in [1.54, 1.807) is 0 Å². The minimum atomic E-state index is 0. The van der Waals surface area contributed by atoms with Crippen LogP contribution in [0, 0.1) is 0 Å². The predicted octanol–water partition coefficient (Wildman–Crippen LogP) is 3.20. The lowest BCUT2D eigenvalue weighted by Crippen LogP contribution is -1.94. The largest absolute Gasteiger partial charge is 0.382 e. The van der Waals surface area contributed by atoms with E-state index in [2.05, 4.69) is 10.0 Å². The summed E-state index contributed by atoms with van der Waals surface area (Å²) in [7, 11) is 0. The number of hydrogen-bond acceptors (Lipinski definition) is 2. The Morgan fingerprint density at radius 1 is 1.78 bits per heavy atom. The van der Waals surface area contributed by atoms with Gasteiger partial charge in [0, 0.05) is 33.2 Å². The third-order valence-corrected chi connectivity index (χ3v) is 0.814. The smallest absolute Gasteiger partial charge is 0.0467 e. The van der Waals surface area contributed by atoms with Gasteiger partial charge in [-0.25, -0.2) is 0 Å². The Morgan fingerprint density at radius 2 is 2.56 bits per heavy atom. The molecule has 0 aliphatic heterocycles. The van der Waals surface area contributed by atoms with Gasteiger partial charge >= 0.3 is 0 Å². The molecule has 0 bridgehead atoms. The van der Waals surface area contributed by atoms with Gasteiger partial charge in [0.05, 0.1) is 0 Å². The first-order valence-corrected chi connectivity index (χ1v) is 3.00. The molecule has 4 heteroatoms. The van der Waals surface area contributed by atoms with Crippen LogP contribution in [-0.4, -0.2) is 19.8 Å². The highest BCUT2D eigenvalue weighted by Gasteiger charge is 1.81. The summed E-state index contributed by atoms with van der Waals surface area (Å²) >= 11 is 0. The van der Waals surface area contributed by atoms with E-state index < -0.39 is 0 Å². The molecule has 0 aliphatic rings. The normalized spacial score (nSPS) is 8.56. The predicted molar refractivity (Wildman–Crippen MR) is 47.8 cm³/mol. The van der Waals surface area contributed by atoms with Gasteiger partial charge < -0.3 is 4.74 Å². The Hall–Kier alpha value is -0.730. The van der Waals surface area contributed by atoms with Crippen LogP contribution in [0.1, 0.15) is 21.9 Å². The van der Waals surface area contributed by atoms with Gasteiger partial charge in [0.1, 0.15) is 0 Å². The van der Waals surface area contributed by atoms with E-state index in [0.29, 0.717) is 13.2 Å². The summed E-state index contributed by atoms with van der Waals surface area (Å²) in [5.41, 5.74) is 7.84. The van der Waals surface area contributed by atoms with Crippen LogP contribution in [-0.2, 0) is 4.74 Å². The summed E-state index contributed by atoms with van der Waals surface area (Å²) in [6.07, 6.45) is 0.817. The van der Waals surface area contributed by atoms with Gasteiger partial charge in [-0.3, -0.25) is 0 Å². The lowest BCUT2D eigenvalue weighted by atomic mass is 10.5. The van der Waals surface area contributed by atoms with Crippen molar-refractivity contribution in [2.75, 3.05) is 19.8 Å². The molecule has 0 rings (SSSR count). The molecule has 0 saturated heterocycles. The third-order valence-electron chi connectivity index (χ3n) is 0.814. The number of rotatable bonds is 5. The summed E-state index contributed by atoms with van der Waals surface area (Å²) in [6.45, 7) is 3.90. The second-order valence-corrected chi connectivity index (χ2v) is 1.50. The summed E-state index contributed by atoms with van der Waals surface area (Å²) in [5, 5.41) is 3.34. The maximum absolute atomic E-state index is 7.84. The summed E-state index contributed by atoms with van der Waals surface area (Å²) < 4.78 is 5.00. The van der Waals surface area contributed by atoms with Gasteiger partial charge in [-0.2, -0.15) is 0 Å². The Labute approximate surface area is 63.4 Å². The van der Waals surface area contributed by atoms with Crippen LogP contribution in [0.5, 0.6) is 0 Å². The lowest BCUT2D eigenvalue weighted by molar-refractivity contribution is 0.146. The van der Waals surface area contributed by atoms with Gasteiger partial charge in [-0.05, 0) is 18.9 Å². The topological polar surface area (TPSA) is 58.0 Å². The molecular formula is C5H23N3O. The quantitative estimate of drug-likeness (QED) is 0.251. The zero-order valence-corrected chi connectivity index (χ0v) is 5.58. The van der Waals surface area contributed by atoms with Gasteiger partial charge in [0.15, 0.2) is 0 Å². The van der Waals surface area contributed by atoms with Crippen molar-refractivity contribution >= 4 is 0 Å². The molecule has 0 heterocycles. The van der Waals surface area contributed by atoms with Crippen molar-refractivity contribution < 1.29 is 13.3 Å². The van der Waals surface area contributed by atoms with E-state index in [9.17, 15) is 0 Å². The average molecular weight is 141 g/mol. The lowest BCUT2D eigenvalue weighted by Gasteiger charge is -1.94. The molecule has 0 aromatic heterocycles. The van der Waals surface area contributed by atoms with Crippen LogP contribution in [0.4, 0.5) is 0 Å². The van der Waals surface area contributed by atoms with Gasteiger partial charge in [0.25, 0.3) is 0 Å². The van der Waals surface area contributed by atoms with E-state index in [1.165, 1.54) is 0 Å². The van der Waals surface area contributed by atoms with Gasteiger partial charge in [0.2, 0.25) is 0 Å². The number of nitrogens with zero attached hydrogens (tertiary/aromatic N) is 3. The standard InChI is InChI=1S/C5H11N3O.6H2/c1-2-9-5-3-4-7-8-6;;;;;;/h2-5H2,1H3;6*1H. The fraction of sp³-hybridized carbons (Fsp3) is 1.00. The van der Waals surface area contributed by atoms with Crippen molar-refractivity contribution in [3.8, 4) is 0 Å². The second-order valence-electron chi connectivity index (χ2n) is 1.50. The fourth-order valence-electron chi connectivity index (χ4n) is 0.426. The van der Waals surface area contributed by atoms with Crippen molar-refractivity contribution in [2.45, 2.75) is 13.3 Å².